The minimum atomic E-state index is -0.511. The van der Waals surface area contributed by atoms with Gasteiger partial charge in [0.2, 0.25) is 0 Å². The van der Waals surface area contributed by atoms with Gasteiger partial charge in [0, 0.05) is 12.3 Å². The van der Waals surface area contributed by atoms with E-state index in [-0.39, 0.29) is 12.0 Å². The molecule has 1 heterocycles. The van der Waals surface area contributed by atoms with Gasteiger partial charge in [-0.05, 0) is 18.3 Å². The molecule has 100 valence electrons. The van der Waals surface area contributed by atoms with Crippen LogP contribution in [0.1, 0.15) is 39.2 Å². The second kappa shape index (κ2) is 5.10. The van der Waals surface area contributed by atoms with Gasteiger partial charge < -0.3 is 5.11 Å². The fourth-order valence-corrected chi connectivity index (χ4v) is 3.20. The Labute approximate surface area is 105 Å². The van der Waals surface area contributed by atoms with Crippen LogP contribution < -0.4 is 11.2 Å². The fraction of sp³-hybridized carbons (Fsp3) is 0.692. The molecule has 0 spiro atoms. The molecule has 1 aromatic heterocycles. The van der Waals surface area contributed by atoms with Crippen LogP contribution in [0.4, 0.5) is 0 Å². The molecular weight excluding hydrogens is 232 g/mol. The Morgan fingerprint density at radius 1 is 1.39 bits per heavy atom. The van der Waals surface area contributed by atoms with Gasteiger partial charge in [-0.15, -0.1) is 0 Å². The molecule has 2 N–H and O–H groups in total. The van der Waals surface area contributed by atoms with E-state index in [2.05, 4.69) is 18.8 Å². The van der Waals surface area contributed by atoms with Crippen molar-refractivity contribution in [2.75, 3.05) is 0 Å². The van der Waals surface area contributed by atoms with Crippen molar-refractivity contribution >= 4 is 0 Å². The molecule has 1 unspecified atom stereocenters. The summed E-state index contributed by atoms with van der Waals surface area (Å²) in [6.45, 7) is 4.17. The summed E-state index contributed by atoms with van der Waals surface area (Å²) in [6, 6.07) is 1.11. The zero-order chi connectivity index (χ0) is 13.3. The van der Waals surface area contributed by atoms with Gasteiger partial charge >= 0.3 is 5.69 Å². The van der Waals surface area contributed by atoms with Crippen LogP contribution in [0.2, 0.25) is 0 Å². The van der Waals surface area contributed by atoms with Crippen LogP contribution in [0, 0.1) is 11.8 Å². The van der Waals surface area contributed by atoms with Crippen molar-refractivity contribution in [2.24, 2.45) is 11.8 Å². The van der Waals surface area contributed by atoms with E-state index in [1.54, 1.807) is 0 Å². The molecule has 4 atom stereocenters. The van der Waals surface area contributed by atoms with Crippen LogP contribution in [0.3, 0.4) is 0 Å². The van der Waals surface area contributed by atoms with E-state index in [0.29, 0.717) is 5.92 Å². The lowest BCUT2D eigenvalue weighted by atomic mass is 9.90. The molecule has 0 amide bonds. The summed E-state index contributed by atoms with van der Waals surface area (Å²) < 4.78 is 1.46. The number of aliphatic hydroxyl groups is 1. The van der Waals surface area contributed by atoms with Crippen molar-refractivity contribution in [1.29, 1.82) is 0 Å². The van der Waals surface area contributed by atoms with Gasteiger partial charge in [0.1, 0.15) is 0 Å². The third-order valence-corrected chi connectivity index (χ3v) is 4.19. The minimum Gasteiger partial charge on any atom is -0.391 e. The quantitative estimate of drug-likeness (QED) is 0.839. The molecule has 1 aliphatic carbocycles. The highest BCUT2D eigenvalue weighted by Crippen LogP contribution is 2.42. The lowest BCUT2D eigenvalue weighted by Gasteiger charge is -2.21. The van der Waals surface area contributed by atoms with Crippen LogP contribution in [0.25, 0.3) is 0 Å². The van der Waals surface area contributed by atoms with Crippen LogP contribution >= 0.6 is 0 Å². The summed E-state index contributed by atoms with van der Waals surface area (Å²) in [4.78, 5) is 25.1. The van der Waals surface area contributed by atoms with Gasteiger partial charge in [0.25, 0.3) is 5.56 Å². The SMILES string of the molecule is CC[C@H]1C[C@@H](n2ccc(=O)[nH]c2=O)C(O)[C@H]1CC. The molecule has 0 aromatic carbocycles. The predicted molar refractivity (Wildman–Crippen MR) is 68.5 cm³/mol. The number of nitrogens with one attached hydrogen (secondary N) is 1. The Balaban J connectivity index is 2.34. The van der Waals surface area contributed by atoms with Crippen LogP contribution in [0.5, 0.6) is 0 Å². The number of aromatic amines is 1. The molecular formula is C13H20N2O3. The average Bonchev–Trinajstić information content (AvgIpc) is 2.66. The highest BCUT2D eigenvalue weighted by Gasteiger charge is 2.41. The third kappa shape index (κ3) is 2.14. The van der Waals surface area contributed by atoms with Crippen molar-refractivity contribution in [2.45, 2.75) is 45.3 Å². The van der Waals surface area contributed by atoms with E-state index >= 15 is 0 Å². The molecule has 1 aromatic rings. The molecule has 0 aliphatic heterocycles. The normalized spacial score (nSPS) is 31.7. The fourth-order valence-electron chi connectivity index (χ4n) is 3.20. The first-order chi connectivity index (χ1) is 8.58. The molecule has 1 fully saturated rings. The zero-order valence-corrected chi connectivity index (χ0v) is 10.8. The largest absolute Gasteiger partial charge is 0.391 e. The number of rotatable bonds is 3. The van der Waals surface area contributed by atoms with Crippen LogP contribution in [0.15, 0.2) is 21.9 Å². The van der Waals surface area contributed by atoms with Crippen LogP contribution in [-0.2, 0) is 0 Å². The maximum absolute atomic E-state index is 11.8. The third-order valence-electron chi connectivity index (χ3n) is 4.19. The summed E-state index contributed by atoms with van der Waals surface area (Å²) in [7, 11) is 0. The average molecular weight is 252 g/mol. The monoisotopic (exact) mass is 252 g/mol. The summed E-state index contributed by atoms with van der Waals surface area (Å²) in [5.74, 6) is 0.674. The first-order valence-electron chi connectivity index (χ1n) is 6.58. The molecule has 5 heteroatoms. The van der Waals surface area contributed by atoms with Gasteiger partial charge in [0.15, 0.2) is 0 Å². The number of aromatic nitrogens is 2. The topological polar surface area (TPSA) is 75.1 Å². The van der Waals surface area contributed by atoms with Crippen molar-refractivity contribution in [3.05, 3.63) is 33.1 Å². The number of hydrogen-bond acceptors (Lipinski definition) is 3. The standard InChI is InChI=1S/C13H20N2O3/c1-3-8-7-10(12(17)9(8)4-2)15-6-5-11(16)14-13(15)18/h5-6,8-10,12,17H,3-4,7H2,1-2H3,(H,14,16,18)/t8-,9-,10+,12?/m0/s1. The van der Waals surface area contributed by atoms with Gasteiger partial charge in [-0.25, -0.2) is 4.79 Å². The van der Waals surface area contributed by atoms with E-state index in [9.17, 15) is 14.7 Å². The maximum atomic E-state index is 11.8. The van der Waals surface area contributed by atoms with E-state index in [4.69, 9.17) is 0 Å². The van der Waals surface area contributed by atoms with Gasteiger partial charge in [-0.3, -0.25) is 14.3 Å². The molecule has 0 radical (unpaired) electrons. The van der Waals surface area contributed by atoms with Gasteiger partial charge in [-0.1, -0.05) is 26.7 Å². The van der Waals surface area contributed by atoms with E-state index in [0.717, 1.165) is 19.3 Å². The van der Waals surface area contributed by atoms with E-state index < -0.39 is 17.4 Å². The second-order valence-corrected chi connectivity index (χ2v) is 5.05. The minimum absolute atomic E-state index is 0.218. The van der Waals surface area contributed by atoms with E-state index in [1.807, 2.05) is 0 Å². The van der Waals surface area contributed by atoms with Gasteiger partial charge in [0.05, 0.1) is 12.1 Å². The lowest BCUT2D eigenvalue weighted by Crippen LogP contribution is -2.35. The Morgan fingerprint density at radius 2 is 2.11 bits per heavy atom. The van der Waals surface area contributed by atoms with Crippen molar-refractivity contribution in [3.8, 4) is 0 Å². The number of H-pyrrole nitrogens is 1. The Kier molecular flexibility index (Phi) is 3.71. The first kappa shape index (κ1) is 13.1. The number of nitrogens with zero attached hydrogens (tertiary/aromatic N) is 1. The second-order valence-electron chi connectivity index (χ2n) is 5.05. The zero-order valence-electron chi connectivity index (χ0n) is 10.8. The maximum Gasteiger partial charge on any atom is 0.328 e. The first-order valence-corrected chi connectivity index (χ1v) is 6.58. The highest BCUT2D eigenvalue weighted by molar-refractivity contribution is 4.96. The summed E-state index contributed by atoms with van der Waals surface area (Å²) in [5, 5.41) is 10.3. The van der Waals surface area contributed by atoms with Gasteiger partial charge in [-0.2, -0.15) is 0 Å². The molecule has 0 bridgehead atoms. The molecule has 5 nitrogen and oxygen atoms in total. The van der Waals surface area contributed by atoms with E-state index in [1.165, 1.54) is 16.8 Å². The summed E-state index contributed by atoms with van der Waals surface area (Å²) in [5.41, 5.74) is -0.832. The molecule has 0 saturated heterocycles. The summed E-state index contributed by atoms with van der Waals surface area (Å²) >= 11 is 0. The lowest BCUT2D eigenvalue weighted by molar-refractivity contribution is 0.0823. The van der Waals surface area contributed by atoms with Crippen LogP contribution in [-0.4, -0.2) is 20.8 Å². The Morgan fingerprint density at radius 3 is 2.61 bits per heavy atom. The number of hydrogen-bond donors (Lipinski definition) is 2. The molecule has 2 rings (SSSR count). The van der Waals surface area contributed by atoms with Crippen molar-refractivity contribution < 1.29 is 5.11 Å². The highest BCUT2D eigenvalue weighted by atomic mass is 16.3. The Hall–Kier alpha value is -1.36. The molecule has 1 aliphatic rings. The van der Waals surface area contributed by atoms with Crippen molar-refractivity contribution in [1.82, 2.24) is 9.55 Å². The Bertz CT molecular complexity index is 519. The predicted octanol–water partition coefficient (Wildman–Crippen LogP) is 0.895. The van der Waals surface area contributed by atoms with Crippen molar-refractivity contribution in [3.63, 3.8) is 0 Å². The summed E-state index contributed by atoms with van der Waals surface area (Å²) in [6.07, 6.45) is 3.68. The molecule has 1 saturated carbocycles. The number of aliphatic hydroxyl groups excluding tert-OH is 1. The smallest absolute Gasteiger partial charge is 0.328 e. The molecule has 18 heavy (non-hydrogen) atoms.